The van der Waals surface area contributed by atoms with Crippen LogP contribution < -0.4 is 11.1 Å². The quantitative estimate of drug-likeness (QED) is 0.541. The SMILES string of the molecule is NCC[C@H](C[C@@H](Cc1ccc(-c2cc(Cl)ccc2F)cc1)NC=O)C(=O)O. The molecule has 2 rings (SSSR count). The Labute approximate surface area is 162 Å². The van der Waals surface area contributed by atoms with E-state index in [0.717, 1.165) is 5.56 Å². The molecule has 5 nitrogen and oxygen atoms in total. The molecule has 4 N–H and O–H groups in total. The molecule has 27 heavy (non-hydrogen) atoms. The second-order valence-electron chi connectivity index (χ2n) is 6.35. The molecule has 0 heterocycles. The first-order valence-corrected chi connectivity index (χ1v) is 8.99. The van der Waals surface area contributed by atoms with Gasteiger partial charge in [0.1, 0.15) is 5.82 Å². The Bertz CT molecular complexity index is 783. The molecule has 2 atom stereocenters. The van der Waals surface area contributed by atoms with Gasteiger partial charge in [-0.2, -0.15) is 0 Å². The van der Waals surface area contributed by atoms with E-state index >= 15 is 0 Å². The molecule has 0 aliphatic carbocycles. The predicted molar refractivity (Wildman–Crippen MR) is 103 cm³/mol. The third-order valence-electron chi connectivity index (χ3n) is 4.41. The Balaban J connectivity index is 2.13. The normalized spacial score (nSPS) is 13.0. The van der Waals surface area contributed by atoms with Crippen molar-refractivity contribution in [2.24, 2.45) is 11.7 Å². The molecule has 0 aliphatic rings. The van der Waals surface area contributed by atoms with Crippen molar-refractivity contribution in [1.29, 1.82) is 0 Å². The summed E-state index contributed by atoms with van der Waals surface area (Å²) < 4.78 is 14.0. The maximum Gasteiger partial charge on any atom is 0.306 e. The molecule has 0 aliphatic heterocycles. The fraction of sp³-hybridized carbons (Fsp3) is 0.300. The van der Waals surface area contributed by atoms with Crippen LogP contribution in [-0.4, -0.2) is 30.1 Å². The van der Waals surface area contributed by atoms with Crippen LogP contribution in [0.2, 0.25) is 5.02 Å². The lowest BCUT2D eigenvalue weighted by molar-refractivity contribution is -0.142. The number of carboxylic acid groups (broad SMARTS) is 1. The molecule has 0 radical (unpaired) electrons. The van der Waals surface area contributed by atoms with Gasteiger partial charge in [-0.3, -0.25) is 9.59 Å². The van der Waals surface area contributed by atoms with Crippen molar-refractivity contribution in [2.75, 3.05) is 6.54 Å². The fourth-order valence-electron chi connectivity index (χ4n) is 3.02. The fourth-order valence-corrected chi connectivity index (χ4v) is 3.19. The lowest BCUT2D eigenvalue weighted by Crippen LogP contribution is -2.34. The summed E-state index contributed by atoms with van der Waals surface area (Å²) in [6.07, 6.45) is 1.67. The average molecular weight is 393 g/mol. The first-order valence-electron chi connectivity index (χ1n) is 8.61. The zero-order valence-electron chi connectivity index (χ0n) is 14.7. The van der Waals surface area contributed by atoms with E-state index in [1.54, 1.807) is 18.2 Å². The molecule has 0 spiro atoms. The van der Waals surface area contributed by atoms with E-state index in [9.17, 15) is 19.1 Å². The van der Waals surface area contributed by atoms with Crippen molar-refractivity contribution in [3.05, 3.63) is 58.9 Å². The molecule has 144 valence electrons. The molecule has 0 saturated heterocycles. The van der Waals surface area contributed by atoms with Crippen LogP contribution >= 0.6 is 11.6 Å². The molecule has 0 fully saturated rings. The smallest absolute Gasteiger partial charge is 0.306 e. The van der Waals surface area contributed by atoms with Gasteiger partial charge in [0, 0.05) is 16.6 Å². The number of nitrogens with one attached hydrogen (secondary N) is 1. The second-order valence-corrected chi connectivity index (χ2v) is 6.79. The first kappa shape index (κ1) is 20.9. The van der Waals surface area contributed by atoms with Gasteiger partial charge in [-0.1, -0.05) is 35.9 Å². The van der Waals surface area contributed by atoms with Crippen LogP contribution in [0, 0.1) is 11.7 Å². The van der Waals surface area contributed by atoms with E-state index < -0.39 is 11.9 Å². The number of rotatable bonds is 10. The molecule has 0 saturated carbocycles. The van der Waals surface area contributed by atoms with Crippen LogP contribution in [0.5, 0.6) is 0 Å². The summed E-state index contributed by atoms with van der Waals surface area (Å²) in [6, 6.07) is 11.2. The van der Waals surface area contributed by atoms with E-state index in [0.29, 0.717) is 35.4 Å². The van der Waals surface area contributed by atoms with Gasteiger partial charge >= 0.3 is 5.97 Å². The number of hydrogen-bond acceptors (Lipinski definition) is 3. The van der Waals surface area contributed by atoms with Crippen molar-refractivity contribution in [1.82, 2.24) is 5.32 Å². The van der Waals surface area contributed by atoms with Gasteiger partial charge in [-0.15, -0.1) is 0 Å². The van der Waals surface area contributed by atoms with Crippen LogP contribution in [-0.2, 0) is 16.0 Å². The van der Waals surface area contributed by atoms with E-state index in [1.165, 1.54) is 12.1 Å². The minimum absolute atomic E-state index is 0.269. The van der Waals surface area contributed by atoms with Crippen LogP contribution in [0.4, 0.5) is 4.39 Å². The number of carboxylic acids is 1. The summed E-state index contributed by atoms with van der Waals surface area (Å²) in [4.78, 5) is 22.2. The second kappa shape index (κ2) is 10.0. The van der Waals surface area contributed by atoms with Gasteiger partial charge < -0.3 is 16.2 Å². The van der Waals surface area contributed by atoms with Gasteiger partial charge in [0.2, 0.25) is 6.41 Å². The van der Waals surface area contributed by atoms with Gasteiger partial charge in [0.05, 0.1) is 5.92 Å². The zero-order chi connectivity index (χ0) is 19.8. The summed E-state index contributed by atoms with van der Waals surface area (Å²) in [5, 5.41) is 12.4. The monoisotopic (exact) mass is 392 g/mol. The van der Waals surface area contributed by atoms with Gasteiger partial charge in [-0.05, 0) is 55.1 Å². The summed E-state index contributed by atoms with van der Waals surface area (Å²) in [5.41, 5.74) is 7.46. The van der Waals surface area contributed by atoms with Crippen molar-refractivity contribution >= 4 is 24.0 Å². The number of amides is 1. The number of nitrogens with two attached hydrogens (primary N) is 1. The number of halogens is 2. The van der Waals surface area contributed by atoms with E-state index in [-0.39, 0.29) is 24.8 Å². The lowest BCUT2D eigenvalue weighted by Gasteiger charge is -2.20. The number of benzene rings is 2. The maximum absolute atomic E-state index is 14.0. The number of aliphatic carboxylic acids is 1. The average Bonchev–Trinajstić information content (AvgIpc) is 2.64. The van der Waals surface area contributed by atoms with Crippen LogP contribution in [0.3, 0.4) is 0 Å². The Hall–Kier alpha value is -2.44. The summed E-state index contributed by atoms with van der Waals surface area (Å²) in [5.74, 6) is -1.91. The minimum Gasteiger partial charge on any atom is -0.481 e. The Morgan fingerprint density at radius 3 is 2.56 bits per heavy atom. The molecule has 1 amide bonds. The molecule has 0 bridgehead atoms. The Morgan fingerprint density at radius 1 is 1.26 bits per heavy atom. The van der Waals surface area contributed by atoms with E-state index in [2.05, 4.69) is 5.32 Å². The van der Waals surface area contributed by atoms with Crippen LogP contribution in [0.25, 0.3) is 11.1 Å². The van der Waals surface area contributed by atoms with Gasteiger partial charge in [0.15, 0.2) is 0 Å². The van der Waals surface area contributed by atoms with Gasteiger partial charge in [-0.25, -0.2) is 4.39 Å². The highest BCUT2D eigenvalue weighted by atomic mass is 35.5. The lowest BCUT2D eigenvalue weighted by atomic mass is 9.92. The molecule has 2 aromatic rings. The number of carbonyl (C=O) groups is 2. The van der Waals surface area contributed by atoms with E-state index in [4.69, 9.17) is 17.3 Å². The molecular formula is C20H22ClFN2O3. The third-order valence-corrected chi connectivity index (χ3v) is 4.65. The molecule has 0 unspecified atom stereocenters. The highest BCUT2D eigenvalue weighted by molar-refractivity contribution is 6.30. The van der Waals surface area contributed by atoms with Crippen molar-refractivity contribution < 1.29 is 19.1 Å². The predicted octanol–water partition coefficient (Wildman–Crippen LogP) is 3.24. The van der Waals surface area contributed by atoms with Crippen molar-refractivity contribution in [3.63, 3.8) is 0 Å². The minimum atomic E-state index is -0.926. The number of carbonyl (C=O) groups excluding carboxylic acids is 1. The highest BCUT2D eigenvalue weighted by Crippen LogP contribution is 2.26. The Morgan fingerprint density at radius 2 is 1.96 bits per heavy atom. The van der Waals surface area contributed by atoms with Crippen molar-refractivity contribution in [3.8, 4) is 11.1 Å². The zero-order valence-corrected chi connectivity index (χ0v) is 15.5. The van der Waals surface area contributed by atoms with Gasteiger partial charge in [0.25, 0.3) is 0 Å². The molecule has 2 aromatic carbocycles. The highest BCUT2D eigenvalue weighted by Gasteiger charge is 2.22. The largest absolute Gasteiger partial charge is 0.481 e. The third kappa shape index (κ3) is 6.05. The number of hydrogen-bond donors (Lipinski definition) is 3. The van der Waals surface area contributed by atoms with E-state index in [1.807, 2.05) is 12.1 Å². The maximum atomic E-state index is 14.0. The topological polar surface area (TPSA) is 92.4 Å². The molecule has 7 heteroatoms. The standard InChI is InChI=1S/C20H22ClFN2O3/c21-16-5-6-19(22)18(11-16)14-3-1-13(2-4-14)9-17(24-12-25)10-15(7-8-23)20(26)27/h1-6,11-12,15,17H,7-10,23H2,(H,24,25)(H,26,27)/t15-,17-/m1/s1. The molecular weight excluding hydrogens is 371 g/mol. The Kier molecular flexibility index (Phi) is 7.76. The summed E-state index contributed by atoms with van der Waals surface area (Å²) >= 11 is 5.94. The molecule has 0 aromatic heterocycles. The van der Waals surface area contributed by atoms with Crippen molar-refractivity contribution in [2.45, 2.75) is 25.3 Å². The van der Waals surface area contributed by atoms with Crippen LogP contribution in [0.1, 0.15) is 18.4 Å². The summed E-state index contributed by atoms with van der Waals surface area (Å²) in [7, 11) is 0. The first-order chi connectivity index (χ1) is 12.9. The summed E-state index contributed by atoms with van der Waals surface area (Å²) in [6.45, 7) is 0.269. The van der Waals surface area contributed by atoms with Crippen LogP contribution in [0.15, 0.2) is 42.5 Å².